The number of carbonyl (C=O) groups excluding carboxylic acids is 1. The molecular formula is C23H53NO5Si3. The van der Waals surface area contributed by atoms with Crippen molar-refractivity contribution in [3.05, 3.63) is 0 Å². The minimum Gasteiger partial charge on any atom is -0.517 e. The fourth-order valence-corrected chi connectivity index (χ4v) is 13.5. The highest BCUT2D eigenvalue weighted by molar-refractivity contribution is 6.79. The first kappa shape index (κ1) is 32.0. The summed E-state index contributed by atoms with van der Waals surface area (Å²) in [6.07, 6.45) is 2.88. The average molecular weight is 508 g/mol. The minimum absolute atomic E-state index is 0.0426. The van der Waals surface area contributed by atoms with Gasteiger partial charge in [0.15, 0.2) is 0 Å². The molecule has 9 heteroatoms. The van der Waals surface area contributed by atoms with E-state index in [-0.39, 0.29) is 5.97 Å². The molecule has 0 rings (SSSR count). The van der Waals surface area contributed by atoms with E-state index in [1.54, 1.807) is 14.2 Å². The molecule has 0 radical (unpaired) electrons. The maximum absolute atomic E-state index is 13.2. The average Bonchev–Trinajstić information content (AvgIpc) is 2.69. The highest BCUT2D eigenvalue weighted by Crippen LogP contribution is 2.42. The molecule has 0 aromatic carbocycles. The van der Waals surface area contributed by atoms with Crippen LogP contribution in [0.5, 0.6) is 0 Å². The maximum atomic E-state index is 13.2. The first-order chi connectivity index (χ1) is 14.7. The molecule has 0 aliphatic heterocycles. The summed E-state index contributed by atoms with van der Waals surface area (Å²) in [5.41, 5.74) is 1.20. The molecule has 0 fully saturated rings. The van der Waals surface area contributed by atoms with Crippen molar-refractivity contribution >= 4 is 31.3 Å². The lowest BCUT2D eigenvalue weighted by Gasteiger charge is -2.42. The van der Waals surface area contributed by atoms with Gasteiger partial charge in [0.1, 0.15) is 8.24 Å². The normalized spacial score (nSPS) is 13.6. The Morgan fingerprint density at radius 1 is 0.875 bits per heavy atom. The Hall–Kier alpha value is -0.0394. The molecule has 0 amide bonds. The molecule has 0 saturated carbocycles. The van der Waals surface area contributed by atoms with Gasteiger partial charge in [-0.15, -0.1) is 0 Å². The number of unbranched alkanes of at least 4 members (excludes halogenated alkanes) is 1. The van der Waals surface area contributed by atoms with E-state index in [0.717, 1.165) is 31.9 Å². The van der Waals surface area contributed by atoms with Crippen molar-refractivity contribution in [3.63, 3.8) is 0 Å². The zero-order valence-corrected chi connectivity index (χ0v) is 26.2. The van der Waals surface area contributed by atoms with E-state index in [1.165, 1.54) is 0 Å². The highest BCUT2D eigenvalue weighted by atomic mass is 28.4. The molecule has 0 bridgehead atoms. The van der Waals surface area contributed by atoms with Crippen LogP contribution in [0.25, 0.3) is 0 Å². The zero-order valence-electron chi connectivity index (χ0n) is 23.2. The lowest BCUT2D eigenvalue weighted by atomic mass is 10.3. The first-order valence-electron chi connectivity index (χ1n) is 12.4. The number of hydrogen-bond acceptors (Lipinski definition) is 6. The molecule has 0 heterocycles. The second-order valence-corrected chi connectivity index (χ2v) is 24.1. The van der Waals surface area contributed by atoms with Crippen LogP contribution in [-0.4, -0.2) is 69.8 Å². The Kier molecular flexibility index (Phi) is 14.4. The molecule has 0 aliphatic rings. The van der Waals surface area contributed by atoms with Gasteiger partial charge >= 0.3 is 14.8 Å². The van der Waals surface area contributed by atoms with Gasteiger partial charge in [-0.2, -0.15) is 0 Å². The van der Waals surface area contributed by atoms with Crippen LogP contribution in [0, 0.1) is 0 Å². The number of nitrogens with zero attached hydrogens (tertiary/aromatic N) is 1. The summed E-state index contributed by atoms with van der Waals surface area (Å²) in [5, 5.41) is 0. The van der Waals surface area contributed by atoms with E-state index in [2.05, 4.69) is 72.7 Å². The smallest absolute Gasteiger partial charge is 0.500 e. The van der Waals surface area contributed by atoms with Gasteiger partial charge in [-0.25, -0.2) is 0 Å². The van der Waals surface area contributed by atoms with Gasteiger partial charge in [-0.1, -0.05) is 68.1 Å². The highest BCUT2D eigenvalue weighted by Gasteiger charge is 2.48. The van der Waals surface area contributed by atoms with Crippen LogP contribution < -0.4 is 0 Å². The number of carbonyl (C=O) groups is 1. The predicted octanol–water partition coefficient (Wildman–Crippen LogP) is 6.28. The van der Waals surface area contributed by atoms with Crippen molar-refractivity contribution in [2.45, 2.75) is 110 Å². The molecule has 0 spiro atoms. The van der Waals surface area contributed by atoms with Gasteiger partial charge < -0.3 is 22.3 Å². The van der Waals surface area contributed by atoms with Gasteiger partial charge in [0.05, 0.1) is 6.54 Å². The molecule has 0 N–H and O–H groups in total. The van der Waals surface area contributed by atoms with E-state index >= 15 is 0 Å². The monoisotopic (exact) mass is 507 g/mol. The predicted molar refractivity (Wildman–Crippen MR) is 142 cm³/mol. The Morgan fingerprint density at radius 3 is 1.75 bits per heavy atom. The largest absolute Gasteiger partial charge is 0.517 e. The molecule has 192 valence electrons. The van der Waals surface area contributed by atoms with Gasteiger partial charge in [0.25, 0.3) is 8.32 Å². The summed E-state index contributed by atoms with van der Waals surface area (Å²) in [6.45, 7) is 24.2. The Labute approximate surface area is 202 Å². The molecule has 0 aliphatic carbocycles. The fraction of sp³-hybridized carbons (Fsp3) is 0.957. The van der Waals surface area contributed by atoms with Crippen LogP contribution in [0.4, 0.5) is 0 Å². The zero-order chi connectivity index (χ0) is 25.2. The lowest BCUT2D eigenvalue weighted by molar-refractivity contribution is -0.136. The maximum Gasteiger partial charge on any atom is 0.500 e. The first-order valence-corrected chi connectivity index (χ1v) is 19.9. The summed E-state index contributed by atoms with van der Waals surface area (Å²) in [5.74, 6) is -0.0426. The Morgan fingerprint density at radius 2 is 1.38 bits per heavy atom. The molecule has 0 aromatic rings. The fourth-order valence-electron chi connectivity index (χ4n) is 4.77. The summed E-state index contributed by atoms with van der Waals surface area (Å²) in [4.78, 5) is 13.2. The number of hydrogen-bond donors (Lipinski definition) is 0. The van der Waals surface area contributed by atoms with Gasteiger partial charge in [-0.05, 0) is 42.4 Å². The summed E-state index contributed by atoms with van der Waals surface area (Å²) < 4.78 is 26.1. The van der Waals surface area contributed by atoms with Crippen LogP contribution in [-0.2, 0) is 22.5 Å². The van der Waals surface area contributed by atoms with E-state index in [0.29, 0.717) is 29.8 Å². The summed E-state index contributed by atoms with van der Waals surface area (Å²) >= 11 is 0. The SMILES string of the molecule is CCCO[Si](CCCCN(CC(=O)O[Si](C(C)C)(C(C)C)C(C)C)[Si](C)(C)C)(OC)OC. The molecule has 6 nitrogen and oxygen atoms in total. The van der Waals surface area contributed by atoms with Gasteiger partial charge in [0.2, 0.25) is 0 Å². The third kappa shape index (κ3) is 9.31. The van der Waals surface area contributed by atoms with Crippen molar-refractivity contribution in [2.75, 3.05) is 33.9 Å². The summed E-state index contributed by atoms with van der Waals surface area (Å²) in [6, 6.07) is 0.800. The summed E-state index contributed by atoms with van der Waals surface area (Å²) in [7, 11) is -3.09. The van der Waals surface area contributed by atoms with E-state index in [1.807, 2.05) is 0 Å². The van der Waals surface area contributed by atoms with Crippen molar-refractivity contribution in [3.8, 4) is 0 Å². The quantitative estimate of drug-likeness (QED) is 0.170. The second kappa shape index (κ2) is 14.4. The molecule has 0 atom stereocenters. The molecule has 0 unspecified atom stereocenters. The van der Waals surface area contributed by atoms with Crippen LogP contribution in [0.2, 0.25) is 42.3 Å². The van der Waals surface area contributed by atoms with E-state index in [9.17, 15) is 4.79 Å². The van der Waals surface area contributed by atoms with Crippen molar-refractivity contribution in [1.82, 2.24) is 4.57 Å². The standard InChI is InChI=1S/C23H53NO5Si3/c1-13-17-28-31(26-8,27-9)18-15-14-16-24(30(10,11)12)19-23(25)29-32(20(2)3,21(4)5)22(6)7/h20-22H,13-19H2,1-12H3. The van der Waals surface area contributed by atoms with Crippen molar-refractivity contribution in [2.24, 2.45) is 0 Å². The molecule has 32 heavy (non-hydrogen) atoms. The third-order valence-electron chi connectivity index (χ3n) is 6.58. The van der Waals surface area contributed by atoms with Crippen LogP contribution in [0.3, 0.4) is 0 Å². The van der Waals surface area contributed by atoms with Crippen LogP contribution in [0.1, 0.15) is 67.7 Å². The molecule has 0 saturated heterocycles. The van der Waals surface area contributed by atoms with Gasteiger partial charge in [-0.3, -0.25) is 4.79 Å². The number of rotatable bonds is 17. The van der Waals surface area contributed by atoms with Crippen molar-refractivity contribution < 1.29 is 22.5 Å². The molecule has 0 aromatic heterocycles. The van der Waals surface area contributed by atoms with E-state index < -0.39 is 25.4 Å². The van der Waals surface area contributed by atoms with Crippen LogP contribution in [0.15, 0.2) is 0 Å². The lowest BCUT2D eigenvalue weighted by Crippen LogP contribution is -2.54. The van der Waals surface area contributed by atoms with Gasteiger partial charge in [0, 0.05) is 26.9 Å². The van der Waals surface area contributed by atoms with Crippen LogP contribution >= 0.6 is 0 Å². The van der Waals surface area contributed by atoms with Crippen molar-refractivity contribution in [1.29, 1.82) is 0 Å². The minimum atomic E-state index is -2.58. The molecular weight excluding hydrogens is 455 g/mol. The Balaban J connectivity index is 5.14. The second-order valence-electron chi connectivity index (χ2n) is 10.8. The topological polar surface area (TPSA) is 57.2 Å². The Bertz CT molecular complexity index is 512. The van der Waals surface area contributed by atoms with E-state index in [4.69, 9.17) is 17.7 Å². The third-order valence-corrected chi connectivity index (χ3v) is 17.7.